The van der Waals surface area contributed by atoms with Crippen LogP contribution in [0.15, 0.2) is 53.9 Å². The van der Waals surface area contributed by atoms with E-state index in [1.54, 1.807) is 35.7 Å². The third-order valence-electron chi connectivity index (χ3n) is 4.76. The van der Waals surface area contributed by atoms with Gasteiger partial charge in [-0.1, -0.05) is 41.9 Å². The van der Waals surface area contributed by atoms with E-state index in [-0.39, 0.29) is 0 Å². The Morgan fingerprint density at radius 2 is 1.84 bits per heavy atom. The Labute approximate surface area is 193 Å². The number of carbonyl (C=O) groups is 2. The maximum atomic E-state index is 12.3. The summed E-state index contributed by atoms with van der Waals surface area (Å²) in [5.41, 5.74) is 4.56. The quantitative estimate of drug-likeness (QED) is 0.377. The number of carbonyl (C=O) groups excluding carboxylic acids is 2. The number of H-pyrrole nitrogens is 1. The van der Waals surface area contributed by atoms with Gasteiger partial charge in [0.25, 0.3) is 5.91 Å². The maximum Gasteiger partial charge on any atom is 0.338 e. The average molecular weight is 467 g/mol. The van der Waals surface area contributed by atoms with Gasteiger partial charge in [-0.15, -0.1) is 11.3 Å². The summed E-state index contributed by atoms with van der Waals surface area (Å²) in [5.74, 6) is -0.329. The molecular formula is C23H19ClN4O3S. The van der Waals surface area contributed by atoms with Crippen molar-refractivity contribution >= 4 is 39.9 Å². The van der Waals surface area contributed by atoms with Gasteiger partial charge >= 0.3 is 5.97 Å². The fraction of sp³-hybridized carbons (Fsp3) is 0.130. The highest BCUT2D eigenvalue weighted by molar-refractivity contribution is 7.14. The number of esters is 1. The van der Waals surface area contributed by atoms with E-state index in [1.165, 1.54) is 11.3 Å². The Bertz CT molecular complexity index is 1260. The fourth-order valence-corrected chi connectivity index (χ4v) is 3.90. The fourth-order valence-electron chi connectivity index (χ4n) is 2.94. The molecule has 2 heterocycles. The van der Waals surface area contributed by atoms with Gasteiger partial charge in [0.15, 0.2) is 11.7 Å². The van der Waals surface area contributed by atoms with Crippen molar-refractivity contribution in [1.82, 2.24) is 15.0 Å². The SMILES string of the molecule is Cc1nc(-c2ccc(C(=O)OCC(=O)Nc3nc(-c4ccccc4Cl)cs3)cc2)[nH]c1C. The van der Waals surface area contributed by atoms with Gasteiger partial charge in [-0.2, -0.15) is 0 Å². The lowest BCUT2D eigenvalue weighted by atomic mass is 10.1. The topological polar surface area (TPSA) is 97.0 Å². The number of hydrogen-bond donors (Lipinski definition) is 2. The van der Waals surface area contributed by atoms with Crippen LogP contribution >= 0.6 is 22.9 Å². The molecule has 7 nitrogen and oxygen atoms in total. The molecule has 1 amide bonds. The van der Waals surface area contributed by atoms with Crippen molar-refractivity contribution in [2.24, 2.45) is 0 Å². The molecule has 4 rings (SSSR count). The Hall–Kier alpha value is -3.49. The Kier molecular flexibility index (Phi) is 6.34. The summed E-state index contributed by atoms with van der Waals surface area (Å²) < 4.78 is 5.12. The van der Waals surface area contributed by atoms with Crippen molar-refractivity contribution < 1.29 is 14.3 Å². The molecule has 0 saturated carbocycles. The van der Waals surface area contributed by atoms with Crippen molar-refractivity contribution in [3.63, 3.8) is 0 Å². The number of rotatable bonds is 6. The number of anilines is 1. The van der Waals surface area contributed by atoms with E-state index in [1.807, 2.05) is 32.0 Å². The van der Waals surface area contributed by atoms with Crippen molar-refractivity contribution in [1.29, 1.82) is 0 Å². The van der Waals surface area contributed by atoms with Crippen molar-refractivity contribution in [3.8, 4) is 22.6 Å². The number of thiazole rings is 1. The lowest BCUT2D eigenvalue weighted by molar-refractivity contribution is -0.119. The van der Waals surface area contributed by atoms with E-state index >= 15 is 0 Å². The first-order chi connectivity index (χ1) is 15.4. The van der Waals surface area contributed by atoms with Crippen molar-refractivity contribution in [2.45, 2.75) is 13.8 Å². The van der Waals surface area contributed by atoms with Crippen LogP contribution in [-0.4, -0.2) is 33.4 Å². The predicted molar refractivity (Wildman–Crippen MR) is 125 cm³/mol. The van der Waals surface area contributed by atoms with Crippen molar-refractivity contribution in [2.75, 3.05) is 11.9 Å². The van der Waals surface area contributed by atoms with Gasteiger partial charge in [-0.3, -0.25) is 10.1 Å². The number of aromatic nitrogens is 3. The molecule has 4 aromatic rings. The van der Waals surface area contributed by atoms with Crippen LogP contribution in [0.2, 0.25) is 5.02 Å². The van der Waals surface area contributed by atoms with E-state index in [9.17, 15) is 9.59 Å². The molecule has 0 aliphatic rings. The van der Waals surface area contributed by atoms with Gasteiger partial charge in [0.05, 0.1) is 17.0 Å². The molecule has 2 aromatic carbocycles. The molecule has 32 heavy (non-hydrogen) atoms. The minimum absolute atomic E-state index is 0.344. The number of nitrogens with one attached hydrogen (secondary N) is 2. The summed E-state index contributed by atoms with van der Waals surface area (Å²) in [6.45, 7) is 3.46. The van der Waals surface area contributed by atoms with Crippen LogP contribution in [-0.2, 0) is 9.53 Å². The van der Waals surface area contributed by atoms with Gasteiger partial charge < -0.3 is 9.72 Å². The largest absolute Gasteiger partial charge is 0.452 e. The molecule has 0 bridgehead atoms. The number of halogens is 1. The Balaban J connectivity index is 1.32. The van der Waals surface area contributed by atoms with E-state index in [4.69, 9.17) is 16.3 Å². The summed E-state index contributed by atoms with van der Waals surface area (Å²) in [6.07, 6.45) is 0. The second-order valence-corrected chi connectivity index (χ2v) is 8.28. The summed E-state index contributed by atoms with van der Waals surface area (Å²) in [5, 5.41) is 5.40. The summed E-state index contributed by atoms with van der Waals surface area (Å²) in [4.78, 5) is 36.5. The van der Waals surface area contributed by atoms with Crippen LogP contribution in [0.5, 0.6) is 0 Å². The number of hydrogen-bond acceptors (Lipinski definition) is 6. The number of aryl methyl sites for hydroxylation is 2. The molecule has 0 atom stereocenters. The first-order valence-corrected chi connectivity index (χ1v) is 11.0. The second-order valence-electron chi connectivity index (χ2n) is 7.02. The first-order valence-electron chi connectivity index (χ1n) is 9.72. The molecule has 0 aliphatic heterocycles. The molecule has 162 valence electrons. The number of ether oxygens (including phenoxy) is 1. The number of amides is 1. The van der Waals surface area contributed by atoms with Crippen LogP contribution in [0.4, 0.5) is 5.13 Å². The molecule has 2 N–H and O–H groups in total. The van der Waals surface area contributed by atoms with Gasteiger partial charge in [0.1, 0.15) is 5.82 Å². The number of nitrogens with zero attached hydrogens (tertiary/aromatic N) is 2. The number of imidazole rings is 1. The predicted octanol–water partition coefficient (Wildman–Crippen LogP) is 5.27. The van der Waals surface area contributed by atoms with Crippen LogP contribution in [0.3, 0.4) is 0 Å². The Morgan fingerprint density at radius 3 is 2.53 bits per heavy atom. The normalized spacial score (nSPS) is 10.7. The van der Waals surface area contributed by atoms with Gasteiger partial charge in [-0.05, 0) is 32.0 Å². The molecule has 0 unspecified atom stereocenters. The van der Waals surface area contributed by atoms with Crippen LogP contribution in [0.1, 0.15) is 21.7 Å². The summed E-state index contributed by atoms with van der Waals surface area (Å²) in [6, 6.07) is 14.2. The standard InChI is InChI=1S/C23H19ClN4O3S/c1-13-14(2)26-21(25-13)15-7-9-16(10-8-15)22(30)31-11-20(29)28-23-27-19(12-32-23)17-5-3-4-6-18(17)24/h3-10,12H,11H2,1-2H3,(H,25,26)(H,27,28,29). The van der Waals surface area contributed by atoms with E-state index in [2.05, 4.69) is 20.3 Å². The maximum absolute atomic E-state index is 12.3. The van der Waals surface area contributed by atoms with Gasteiger partial charge in [-0.25, -0.2) is 14.8 Å². The third-order valence-corrected chi connectivity index (χ3v) is 5.84. The molecule has 0 radical (unpaired) electrons. The monoisotopic (exact) mass is 466 g/mol. The summed E-state index contributed by atoms with van der Waals surface area (Å²) >= 11 is 7.45. The highest BCUT2D eigenvalue weighted by Crippen LogP contribution is 2.30. The van der Waals surface area contributed by atoms with E-state index in [0.717, 1.165) is 28.3 Å². The number of aromatic amines is 1. The Morgan fingerprint density at radius 1 is 1.09 bits per heavy atom. The molecule has 0 saturated heterocycles. The van der Waals surface area contributed by atoms with E-state index < -0.39 is 18.5 Å². The first kappa shape index (κ1) is 21.7. The lowest BCUT2D eigenvalue weighted by Gasteiger charge is -2.05. The second kappa shape index (κ2) is 9.33. The van der Waals surface area contributed by atoms with Crippen LogP contribution < -0.4 is 5.32 Å². The molecule has 9 heteroatoms. The van der Waals surface area contributed by atoms with Gasteiger partial charge in [0.2, 0.25) is 0 Å². The molecule has 0 fully saturated rings. The third kappa shape index (κ3) is 4.87. The van der Waals surface area contributed by atoms with Crippen LogP contribution in [0.25, 0.3) is 22.6 Å². The van der Waals surface area contributed by atoms with Crippen molar-refractivity contribution in [3.05, 3.63) is 75.9 Å². The number of benzene rings is 2. The smallest absolute Gasteiger partial charge is 0.338 e. The highest BCUT2D eigenvalue weighted by Gasteiger charge is 2.14. The molecule has 2 aromatic heterocycles. The zero-order valence-corrected chi connectivity index (χ0v) is 18.9. The van der Waals surface area contributed by atoms with Crippen LogP contribution in [0, 0.1) is 13.8 Å². The average Bonchev–Trinajstić information content (AvgIpc) is 3.38. The minimum Gasteiger partial charge on any atom is -0.452 e. The minimum atomic E-state index is -0.589. The lowest BCUT2D eigenvalue weighted by Crippen LogP contribution is -2.20. The molecule has 0 spiro atoms. The molecular weight excluding hydrogens is 448 g/mol. The summed E-state index contributed by atoms with van der Waals surface area (Å²) in [7, 11) is 0. The molecule has 0 aliphatic carbocycles. The van der Waals surface area contributed by atoms with Gasteiger partial charge in [0, 0.05) is 27.2 Å². The van der Waals surface area contributed by atoms with E-state index in [0.29, 0.717) is 21.4 Å². The zero-order chi connectivity index (χ0) is 22.7. The highest BCUT2D eigenvalue weighted by atomic mass is 35.5. The zero-order valence-electron chi connectivity index (χ0n) is 17.3.